The number of carbonyl (C=O) groups excluding carboxylic acids is 1. The van der Waals surface area contributed by atoms with Crippen LogP contribution < -0.4 is 5.32 Å². The summed E-state index contributed by atoms with van der Waals surface area (Å²) < 4.78 is 1.87. The van der Waals surface area contributed by atoms with Crippen molar-refractivity contribution in [1.82, 2.24) is 24.8 Å². The molecule has 2 aromatic heterocycles. The summed E-state index contributed by atoms with van der Waals surface area (Å²) in [5.74, 6) is 0.0819. The van der Waals surface area contributed by atoms with Crippen LogP contribution in [0.2, 0.25) is 0 Å². The van der Waals surface area contributed by atoms with Crippen molar-refractivity contribution >= 4 is 25.3 Å². The summed E-state index contributed by atoms with van der Waals surface area (Å²) in [7, 11) is 0.460. The van der Waals surface area contributed by atoms with Gasteiger partial charge in [-0.25, -0.2) is 4.52 Å². The zero-order valence-corrected chi connectivity index (χ0v) is 18.7. The Morgan fingerprint density at radius 1 is 1.27 bits per heavy atom. The van der Waals surface area contributed by atoms with Gasteiger partial charge in [0.2, 0.25) is 0 Å². The average Bonchev–Trinajstić information content (AvgIpc) is 3.11. The smallest absolute Gasteiger partial charge is 0.252 e. The number of aryl methyl sites for hydroxylation is 2. The van der Waals surface area contributed by atoms with Gasteiger partial charge in [-0.05, 0) is 51.3 Å². The molecule has 2 aromatic rings. The van der Waals surface area contributed by atoms with E-state index in [4.69, 9.17) is 5.10 Å². The van der Waals surface area contributed by atoms with E-state index in [-0.39, 0.29) is 11.7 Å². The molecule has 5 rings (SSSR count). The number of allylic oxidation sites excluding steroid dienone is 2. The fraction of sp³-hybridized carbons (Fsp3) is 0.348. The lowest BCUT2D eigenvalue weighted by Crippen LogP contribution is -2.38. The van der Waals surface area contributed by atoms with Crippen LogP contribution in [0, 0.1) is 13.8 Å². The van der Waals surface area contributed by atoms with Crippen molar-refractivity contribution in [3.63, 3.8) is 0 Å². The van der Waals surface area contributed by atoms with Gasteiger partial charge >= 0.3 is 0 Å². The molecular formula is C23H26N5OP. The van der Waals surface area contributed by atoms with Gasteiger partial charge in [-0.15, -0.1) is 0 Å². The third kappa shape index (κ3) is 3.44. The molecule has 1 amide bonds. The van der Waals surface area contributed by atoms with E-state index in [0.717, 1.165) is 39.9 Å². The Morgan fingerprint density at radius 3 is 2.90 bits per heavy atom. The highest BCUT2D eigenvalue weighted by molar-refractivity contribution is 7.51. The molecular weight excluding hydrogens is 393 g/mol. The summed E-state index contributed by atoms with van der Waals surface area (Å²) in [6, 6.07) is 2.83. The molecule has 3 aliphatic rings. The zero-order chi connectivity index (χ0) is 21.0. The first-order valence-corrected chi connectivity index (χ1v) is 11.5. The van der Waals surface area contributed by atoms with Gasteiger partial charge in [-0.1, -0.05) is 26.8 Å². The van der Waals surface area contributed by atoms with Crippen LogP contribution in [0.4, 0.5) is 0 Å². The van der Waals surface area contributed by atoms with Gasteiger partial charge in [0.05, 0.1) is 34.6 Å². The minimum absolute atomic E-state index is 0.0225. The van der Waals surface area contributed by atoms with E-state index in [1.165, 1.54) is 5.57 Å². The van der Waals surface area contributed by atoms with Crippen molar-refractivity contribution < 1.29 is 4.79 Å². The van der Waals surface area contributed by atoms with Crippen LogP contribution in [0.25, 0.3) is 10.8 Å². The number of carbonyl (C=O) groups is 1. The molecule has 0 bridgehead atoms. The second-order valence-corrected chi connectivity index (χ2v) is 9.83. The number of hydrogen-bond acceptors (Lipinski definition) is 4. The molecule has 0 spiro atoms. The minimum atomic E-state index is 0.0225. The highest BCUT2D eigenvalue weighted by Gasteiger charge is 2.30. The quantitative estimate of drug-likeness (QED) is 0.755. The maximum absolute atomic E-state index is 13.0. The predicted molar refractivity (Wildman–Crippen MR) is 121 cm³/mol. The molecule has 0 aromatic carbocycles. The number of hydrogen-bond donors (Lipinski definition) is 1. The Labute approximate surface area is 178 Å². The van der Waals surface area contributed by atoms with Crippen molar-refractivity contribution in [2.45, 2.75) is 52.0 Å². The second kappa shape index (κ2) is 7.29. The summed E-state index contributed by atoms with van der Waals surface area (Å²) in [6.45, 7) is 8.33. The summed E-state index contributed by atoms with van der Waals surface area (Å²) in [4.78, 5) is 19.4. The zero-order valence-electron chi connectivity index (χ0n) is 17.7. The van der Waals surface area contributed by atoms with Crippen LogP contribution in [-0.2, 0) is 4.79 Å². The van der Waals surface area contributed by atoms with Gasteiger partial charge in [-0.2, -0.15) is 5.10 Å². The summed E-state index contributed by atoms with van der Waals surface area (Å²) in [6.07, 6.45) is 13.3. The van der Waals surface area contributed by atoms with Gasteiger partial charge in [0.1, 0.15) is 0 Å². The minimum Gasteiger partial charge on any atom is -0.308 e. The molecule has 1 N–H and O–H groups in total. The number of nitrogens with zero attached hydrogens (tertiary/aromatic N) is 4. The third-order valence-electron chi connectivity index (χ3n) is 5.79. The van der Waals surface area contributed by atoms with E-state index in [2.05, 4.69) is 42.4 Å². The first-order valence-electron chi connectivity index (χ1n) is 10.4. The number of rotatable bonds is 2. The van der Waals surface area contributed by atoms with Gasteiger partial charge in [0.25, 0.3) is 5.91 Å². The number of aromatic nitrogens is 3. The van der Waals surface area contributed by atoms with E-state index >= 15 is 0 Å². The maximum Gasteiger partial charge on any atom is 0.252 e. The molecule has 154 valence electrons. The third-order valence-corrected chi connectivity index (χ3v) is 7.27. The molecule has 0 fully saturated rings. The topological polar surface area (TPSA) is 62.5 Å². The molecule has 2 unspecified atom stereocenters. The van der Waals surface area contributed by atoms with Crippen LogP contribution in [0.5, 0.6) is 0 Å². The molecule has 5 heterocycles. The maximum atomic E-state index is 13.0. The lowest BCUT2D eigenvalue weighted by molar-refractivity contribution is -0.123. The van der Waals surface area contributed by atoms with Crippen molar-refractivity contribution in [1.29, 1.82) is 0 Å². The van der Waals surface area contributed by atoms with Gasteiger partial charge < -0.3 is 10.2 Å². The number of nitrogens with one attached hydrogen (secondary N) is 1. The molecule has 6 nitrogen and oxygen atoms in total. The Morgan fingerprint density at radius 2 is 2.10 bits per heavy atom. The fourth-order valence-electron chi connectivity index (χ4n) is 4.51. The first kappa shape index (κ1) is 19.4. The summed E-state index contributed by atoms with van der Waals surface area (Å²) >= 11 is 0. The molecule has 0 radical (unpaired) electrons. The number of amides is 1. The van der Waals surface area contributed by atoms with Gasteiger partial charge in [0.15, 0.2) is 0 Å². The molecule has 7 heteroatoms. The van der Waals surface area contributed by atoms with Crippen molar-refractivity contribution in [3.8, 4) is 0 Å². The van der Waals surface area contributed by atoms with E-state index in [0.29, 0.717) is 20.7 Å². The largest absolute Gasteiger partial charge is 0.308 e. The molecule has 0 saturated carbocycles. The number of fused-ring (bicyclic) bond motifs is 2. The van der Waals surface area contributed by atoms with Crippen LogP contribution in [0.15, 0.2) is 53.9 Å². The summed E-state index contributed by atoms with van der Waals surface area (Å²) in [5.41, 5.74) is 6.19. The second-order valence-electron chi connectivity index (χ2n) is 8.42. The van der Waals surface area contributed by atoms with Crippen LogP contribution in [0.1, 0.15) is 37.4 Å². The van der Waals surface area contributed by atoms with Gasteiger partial charge in [0, 0.05) is 29.7 Å². The monoisotopic (exact) mass is 419 g/mol. The van der Waals surface area contributed by atoms with Crippen molar-refractivity contribution in [2.24, 2.45) is 0 Å². The fourth-order valence-corrected chi connectivity index (χ4v) is 5.84. The Kier molecular flexibility index (Phi) is 4.72. The Bertz CT molecular complexity index is 1170. The summed E-state index contributed by atoms with van der Waals surface area (Å²) in [5, 5.41) is 9.26. The molecule has 30 heavy (non-hydrogen) atoms. The predicted octanol–water partition coefficient (Wildman–Crippen LogP) is 3.68. The molecule has 4 atom stereocenters. The van der Waals surface area contributed by atoms with Crippen LogP contribution in [0.3, 0.4) is 0 Å². The molecule has 0 saturated heterocycles. The van der Waals surface area contributed by atoms with Crippen LogP contribution >= 0.6 is 8.58 Å². The van der Waals surface area contributed by atoms with E-state index in [1.54, 1.807) is 6.08 Å². The Balaban J connectivity index is 1.45. The molecule has 0 aliphatic carbocycles. The van der Waals surface area contributed by atoms with Gasteiger partial charge in [-0.3, -0.25) is 9.78 Å². The first-order chi connectivity index (χ1) is 14.4. The standard InChI is InChI=1S/C23H26N5OP/c1-13-7-18(8-14(2)24-13)17-5-6-23-27(12-17)22(29)10-21(30-23)19-9-20-16(4)25-15(3)11-28(20)26-19/h5-7,9-14,23-24,30H,8H2,1-4H3/t13-,14-,23?/m0/s1. The van der Waals surface area contributed by atoms with Crippen molar-refractivity contribution in [2.75, 3.05) is 0 Å². The lowest BCUT2D eigenvalue weighted by Gasteiger charge is -2.35. The lowest BCUT2D eigenvalue weighted by atomic mass is 9.92. The van der Waals surface area contributed by atoms with Crippen molar-refractivity contribution in [3.05, 3.63) is 71.0 Å². The van der Waals surface area contributed by atoms with E-state index < -0.39 is 0 Å². The normalized spacial score (nSPS) is 27.2. The molecule has 3 aliphatic heterocycles. The Hall–Kier alpha value is -2.56. The van der Waals surface area contributed by atoms with Crippen LogP contribution in [-0.4, -0.2) is 43.3 Å². The highest BCUT2D eigenvalue weighted by atomic mass is 31.1. The van der Waals surface area contributed by atoms with E-state index in [1.807, 2.05) is 41.7 Å². The highest BCUT2D eigenvalue weighted by Crippen LogP contribution is 2.45. The SMILES string of the molecule is Cc1cn2nc(C3=CC(=O)N4C=C(C5=C[C@H](C)N[C@@H](C)C5)C=CC4P3)cc2c(C)n1. The van der Waals surface area contributed by atoms with E-state index in [9.17, 15) is 4.79 Å². The average molecular weight is 419 g/mol.